The first-order chi connectivity index (χ1) is 6.83. The Kier molecular flexibility index (Phi) is 2.79. The van der Waals surface area contributed by atoms with Crippen molar-refractivity contribution in [2.75, 3.05) is 20.3 Å². The van der Waals surface area contributed by atoms with E-state index in [-0.39, 0.29) is 0 Å². The van der Waals surface area contributed by atoms with Crippen LogP contribution in [-0.4, -0.2) is 20.3 Å². The van der Waals surface area contributed by atoms with Gasteiger partial charge in [0.15, 0.2) is 0 Å². The molecule has 1 heterocycles. The number of halogens is 1. The van der Waals surface area contributed by atoms with Gasteiger partial charge in [-0.1, -0.05) is 17.7 Å². The van der Waals surface area contributed by atoms with Gasteiger partial charge in [0.1, 0.15) is 23.1 Å². The monoisotopic (exact) mass is 213 g/mol. The number of ether oxygens (including phenoxy) is 2. The molecule has 0 amide bonds. The number of hydrogen-bond acceptors (Lipinski definition) is 3. The van der Waals surface area contributed by atoms with Gasteiger partial charge in [0.25, 0.3) is 0 Å². The summed E-state index contributed by atoms with van der Waals surface area (Å²) in [5.41, 5.74) is 1.08. The maximum Gasteiger partial charge on any atom is 0.146 e. The van der Waals surface area contributed by atoms with E-state index in [4.69, 9.17) is 21.1 Å². The lowest BCUT2D eigenvalue weighted by Gasteiger charge is -2.11. The second-order valence-electron chi connectivity index (χ2n) is 3.10. The van der Waals surface area contributed by atoms with Crippen molar-refractivity contribution < 1.29 is 9.47 Å². The van der Waals surface area contributed by atoms with Crippen LogP contribution in [0.2, 0.25) is 5.02 Å². The highest BCUT2D eigenvalue weighted by Gasteiger charge is 2.15. The zero-order chi connectivity index (χ0) is 9.97. The first-order valence-electron chi connectivity index (χ1n) is 4.52. The van der Waals surface area contributed by atoms with E-state index < -0.39 is 0 Å². The molecule has 76 valence electrons. The summed E-state index contributed by atoms with van der Waals surface area (Å²) in [6, 6.07) is 3.83. The van der Waals surface area contributed by atoms with Crippen LogP contribution in [-0.2, 0) is 6.54 Å². The molecule has 2 rings (SSSR count). The summed E-state index contributed by atoms with van der Waals surface area (Å²) in [5, 5.41) is 3.81. The van der Waals surface area contributed by atoms with E-state index in [0.717, 1.165) is 24.4 Å². The lowest BCUT2D eigenvalue weighted by atomic mass is 10.2. The van der Waals surface area contributed by atoms with Gasteiger partial charge >= 0.3 is 0 Å². The standard InChI is InChI=1S/C10H12ClNO2/c1-13-8-3-2-7-6-12-4-5-14-10(7)9(8)11/h2-3,12H,4-6H2,1H3. The minimum Gasteiger partial charge on any atom is -0.495 e. The fraction of sp³-hybridized carbons (Fsp3) is 0.400. The Balaban J connectivity index is 2.44. The molecule has 1 aliphatic rings. The Morgan fingerprint density at radius 2 is 2.36 bits per heavy atom. The average molecular weight is 214 g/mol. The lowest BCUT2D eigenvalue weighted by molar-refractivity contribution is 0.323. The fourth-order valence-electron chi connectivity index (χ4n) is 1.48. The van der Waals surface area contributed by atoms with Gasteiger partial charge in [0.2, 0.25) is 0 Å². The number of rotatable bonds is 1. The summed E-state index contributed by atoms with van der Waals surface area (Å²) in [4.78, 5) is 0. The Labute approximate surface area is 88.0 Å². The topological polar surface area (TPSA) is 30.5 Å². The quantitative estimate of drug-likeness (QED) is 0.772. The summed E-state index contributed by atoms with van der Waals surface area (Å²) in [6.07, 6.45) is 0. The Bertz CT molecular complexity index is 341. The third kappa shape index (κ3) is 1.65. The van der Waals surface area contributed by atoms with Crippen molar-refractivity contribution in [2.45, 2.75) is 6.54 Å². The van der Waals surface area contributed by atoms with E-state index in [9.17, 15) is 0 Å². The van der Waals surface area contributed by atoms with Crippen LogP contribution >= 0.6 is 11.6 Å². The predicted molar refractivity (Wildman–Crippen MR) is 55.2 cm³/mol. The molecule has 0 saturated heterocycles. The summed E-state index contributed by atoms with van der Waals surface area (Å²) < 4.78 is 10.7. The average Bonchev–Trinajstić information content (AvgIpc) is 2.44. The van der Waals surface area contributed by atoms with Gasteiger partial charge in [0.05, 0.1) is 7.11 Å². The molecule has 0 radical (unpaired) electrons. The first kappa shape index (κ1) is 9.62. The van der Waals surface area contributed by atoms with Crippen molar-refractivity contribution in [1.82, 2.24) is 5.32 Å². The molecule has 0 aliphatic carbocycles. The fourth-order valence-corrected chi connectivity index (χ4v) is 1.80. The minimum atomic E-state index is 0.564. The molecule has 14 heavy (non-hydrogen) atoms. The molecule has 0 saturated carbocycles. The maximum atomic E-state index is 6.12. The Hall–Kier alpha value is -0.930. The van der Waals surface area contributed by atoms with E-state index in [1.807, 2.05) is 12.1 Å². The van der Waals surface area contributed by atoms with Crippen molar-refractivity contribution in [3.8, 4) is 11.5 Å². The van der Waals surface area contributed by atoms with Gasteiger partial charge in [-0.2, -0.15) is 0 Å². The van der Waals surface area contributed by atoms with Crippen molar-refractivity contribution in [3.63, 3.8) is 0 Å². The van der Waals surface area contributed by atoms with E-state index in [1.165, 1.54) is 0 Å². The SMILES string of the molecule is COc1ccc2c(c1Cl)OCCNC2. The molecular weight excluding hydrogens is 202 g/mol. The molecule has 1 aromatic carbocycles. The lowest BCUT2D eigenvalue weighted by Crippen LogP contribution is -2.16. The molecule has 0 atom stereocenters. The van der Waals surface area contributed by atoms with Gasteiger partial charge in [-0.3, -0.25) is 0 Å². The third-order valence-corrected chi connectivity index (χ3v) is 2.56. The number of benzene rings is 1. The summed E-state index contributed by atoms with van der Waals surface area (Å²) >= 11 is 6.12. The number of methoxy groups -OCH3 is 1. The molecular formula is C10H12ClNO2. The minimum absolute atomic E-state index is 0.564. The van der Waals surface area contributed by atoms with Gasteiger partial charge in [-0.25, -0.2) is 0 Å². The zero-order valence-electron chi connectivity index (χ0n) is 7.97. The van der Waals surface area contributed by atoms with Gasteiger partial charge in [-0.05, 0) is 6.07 Å². The number of fused-ring (bicyclic) bond motifs is 1. The molecule has 0 unspecified atom stereocenters. The molecule has 0 aromatic heterocycles. The summed E-state index contributed by atoms with van der Waals surface area (Å²) in [5.74, 6) is 1.41. The number of nitrogens with one attached hydrogen (secondary N) is 1. The van der Waals surface area contributed by atoms with Crippen LogP contribution in [0.25, 0.3) is 0 Å². The Morgan fingerprint density at radius 1 is 1.50 bits per heavy atom. The van der Waals surface area contributed by atoms with E-state index in [1.54, 1.807) is 7.11 Å². The summed E-state index contributed by atoms with van der Waals surface area (Å²) in [7, 11) is 1.60. The van der Waals surface area contributed by atoms with Crippen LogP contribution in [0.5, 0.6) is 11.5 Å². The van der Waals surface area contributed by atoms with Crippen molar-refractivity contribution in [2.24, 2.45) is 0 Å². The van der Waals surface area contributed by atoms with Gasteiger partial charge in [-0.15, -0.1) is 0 Å². The normalized spacial score (nSPS) is 15.3. The van der Waals surface area contributed by atoms with E-state index in [0.29, 0.717) is 17.4 Å². The van der Waals surface area contributed by atoms with E-state index >= 15 is 0 Å². The van der Waals surface area contributed by atoms with Crippen LogP contribution in [0.1, 0.15) is 5.56 Å². The van der Waals surface area contributed by atoms with Gasteiger partial charge in [0, 0.05) is 18.7 Å². The molecule has 1 N–H and O–H groups in total. The van der Waals surface area contributed by atoms with Crippen LogP contribution in [0.3, 0.4) is 0 Å². The van der Waals surface area contributed by atoms with Crippen molar-refractivity contribution in [1.29, 1.82) is 0 Å². The first-order valence-corrected chi connectivity index (χ1v) is 4.89. The van der Waals surface area contributed by atoms with E-state index in [2.05, 4.69) is 5.32 Å². The van der Waals surface area contributed by atoms with Gasteiger partial charge < -0.3 is 14.8 Å². The second kappa shape index (κ2) is 4.07. The van der Waals surface area contributed by atoms with Crippen LogP contribution < -0.4 is 14.8 Å². The molecule has 0 spiro atoms. The second-order valence-corrected chi connectivity index (χ2v) is 3.47. The highest BCUT2D eigenvalue weighted by atomic mass is 35.5. The Morgan fingerprint density at radius 3 is 3.14 bits per heavy atom. The third-order valence-electron chi connectivity index (χ3n) is 2.20. The molecule has 1 aromatic rings. The smallest absolute Gasteiger partial charge is 0.146 e. The summed E-state index contributed by atoms with van der Waals surface area (Å²) in [6.45, 7) is 2.27. The van der Waals surface area contributed by atoms with Crippen molar-refractivity contribution in [3.05, 3.63) is 22.7 Å². The van der Waals surface area contributed by atoms with Crippen LogP contribution in [0, 0.1) is 0 Å². The maximum absolute atomic E-state index is 6.12. The molecule has 1 aliphatic heterocycles. The molecule has 3 nitrogen and oxygen atoms in total. The van der Waals surface area contributed by atoms with Crippen LogP contribution in [0.15, 0.2) is 12.1 Å². The van der Waals surface area contributed by atoms with Crippen molar-refractivity contribution >= 4 is 11.6 Å². The molecule has 4 heteroatoms. The number of hydrogen-bond donors (Lipinski definition) is 1. The largest absolute Gasteiger partial charge is 0.495 e. The van der Waals surface area contributed by atoms with Crippen LogP contribution in [0.4, 0.5) is 0 Å². The highest BCUT2D eigenvalue weighted by molar-refractivity contribution is 6.33. The zero-order valence-corrected chi connectivity index (χ0v) is 8.73. The highest BCUT2D eigenvalue weighted by Crippen LogP contribution is 2.37. The molecule has 0 fully saturated rings. The predicted octanol–water partition coefficient (Wildman–Crippen LogP) is 1.83. The molecule has 0 bridgehead atoms.